The molecule has 4 nitrogen and oxygen atoms in total. The molecule has 0 aliphatic heterocycles. The third kappa shape index (κ3) is 3.27. The molecular formula is C18H13ClFN3OS. The lowest BCUT2D eigenvalue weighted by atomic mass is 10.2. The fourth-order valence-electron chi connectivity index (χ4n) is 2.52. The Hall–Kier alpha value is -2.31. The summed E-state index contributed by atoms with van der Waals surface area (Å²) >= 11 is 7.59. The lowest BCUT2D eigenvalue weighted by molar-refractivity contribution is 0.573. The Morgan fingerprint density at radius 2 is 1.96 bits per heavy atom. The highest BCUT2D eigenvalue weighted by Gasteiger charge is 2.11. The van der Waals surface area contributed by atoms with Gasteiger partial charge in [0.25, 0.3) is 0 Å². The van der Waals surface area contributed by atoms with Gasteiger partial charge in [0.05, 0.1) is 16.7 Å². The predicted octanol–water partition coefficient (Wildman–Crippen LogP) is 5.31. The van der Waals surface area contributed by atoms with Gasteiger partial charge in [-0.2, -0.15) is 0 Å². The van der Waals surface area contributed by atoms with Crippen LogP contribution >= 0.6 is 23.4 Å². The fourth-order valence-corrected chi connectivity index (χ4v) is 3.55. The molecule has 126 valence electrons. The molecule has 0 aliphatic rings. The Bertz CT molecular complexity index is 1040. The number of imidazole rings is 1. The summed E-state index contributed by atoms with van der Waals surface area (Å²) in [6, 6.07) is 11.7. The van der Waals surface area contributed by atoms with E-state index in [0.29, 0.717) is 16.7 Å². The first-order valence-electron chi connectivity index (χ1n) is 7.55. The van der Waals surface area contributed by atoms with E-state index in [2.05, 4.69) is 9.97 Å². The van der Waals surface area contributed by atoms with Crippen LogP contribution < -0.4 is 0 Å². The Morgan fingerprint density at radius 3 is 2.76 bits per heavy atom. The Morgan fingerprint density at radius 1 is 1.16 bits per heavy atom. The van der Waals surface area contributed by atoms with E-state index in [4.69, 9.17) is 16.0 Å². The van der Waals surface area contributed by atoms with Crippen LogP contribution in [0.1, 0.15) is 5.69 Å². The number of benzene rings is 2. The Balaban J connectivity index is 1.52. The van der Waals surface area contributed by atoms with Gasteiger partial charge in [-0.15, -0.1) is 0 Å². The van der Waals surface area contributed by atoms with E-state index in [9.17, 15) is 4.39 Å². The molecule has 0 saturated heterocycles. The standard InChI is InChI=1S/C18H13ClFN3OS/c1-23-16-7-4-12(19)8-15(16)22-18(23)25-10-14-9-24-17(21-14)11-2-5-13(20)6-3-11/h2-9H,10H2,1H3. The Kier molecular flexibility index (Phi) is 4.23. The molecule has 0 radical (unpaired) electrons. The third-order valence-corrected chi connectivity index (χ3v) is 5.09. The van der Waals surface area contributed by atoms with Crippen molar-refractivity contribution in [1.29, 1.82) is 0 Å². The van der Waals surface area contributed by atoms with E-state index in [1.807, 2.05) is 29.8 Å². The van der Waals surface area contributed by atoms with Crippen LogP contribution in [0.25, 0.3) is 22.5 Å². The van der Waals surface area contributed by atoms with Crippen LogP contribution in [0.2, 0.25) is 5.02 Å². The second kappa shape index (κ2) is 6.54. The van der Waals surface area contributed by atoms with Crippen molar-refractivity contribution < 1.29 is 8.81 Å². The lowest BCUT2D eigenvalue weighted by Gasteiger charge is -2.00. The van der Waals surface area contributed by atoms with Gasteiger partial charge >= 0.3 is 0 Å². The average molecular weight is 374 g/mol. The van der Waals surface area contributed by atoms with Gasteiger partial charge in [0.1, 0.15) is 12.1 Å². The first-order chi connectivity index (χ1) is 12.1. The molecule has 0 amide bonds. The Labute approximate surface area is 152 Å². The maximum absolute atomic E-state index is 13.0. The van der Waals surface area contributed by atoms with Crippen LogP contribution in [-0.4, -0.2) is 14.5 Å². The van der Waals surface area contributed by atoms with Gasteiger partial charge in [-0.3, -0.25) is 0 Å². The number of oxazole rings is 1. The van der Waals surface area contributed by atoms with Crippen LogP contribution in [0.3, 0.4) is 0 Å². The van der Waals surface area contributed by atoms with Crippen molar-refractivity contribution in [2.45, 2.75) is 10.9 Å². The van der Waals surface area contributed by atoms with E-state index >= 15 is 0 Å². The predicted molar refractivity (Wildman–Crippen MR) is 97.2 cm³/mol. The van der Waals surface area contributed by atoms with Crippen LogP contribution in [0.5, 0.6) is 0 Å². The molecule has 0 fully saturated rings. The molecule has 0 unspecified atom stereocenters. The summed E-state index contributed by atoms with van der Waals surface area (Å²) in [5, 5.41) is 1.55. The third-order valence-electron chi connectivity index (χ3n) is 3.79. The van der Waals surface area contributed by atoms with E-state index < -0.39 is 0 Å². The topological polar surface area (TPSA) is 43.9 Å². The van der Waals surface area contributed by atoms with Gasteiger partial charge < -0.3 is 8.98 Å². The van der Waals surface area contributed by atoms with Crippen molar-refractivity contribution in [3.05, 3.63) is 65.3 Å². The van der Waals surface area contributed by atoms with Gasteiger partial charge in [0.15, 0.2) is 5.16 Å². The van der Waals surface area contributed by atoms with Gasteiger partial charge in [0.2, 0.25) is 5.89 Å². The second-order valence-electron chi connectivity index (χ2n) is 5.53. The lowest BCUT2D eigenvalue weighted by Crippen LogP contribution is -1.91. The molecule has 7 heteroatoms. The number of halogens is 2. The number of aryl methyl sites for hydroxylation is 1. The molecule has 2 aromatic heterocycles. The number of hydrogen-bond acceptors (Lipinski definition) is 4. The van der Waals surface area contributed by atoms with E-state index in [0.717, 1.165) is 27.4 Å². The van der Waals surface area contributed by atoms with Crippen molar-refractivity contribution in [1.82, 2.24) is 14.5 Å². The van der Waals surface area contributed by atoms with Crippen LogP contribution in [0, 0.1) is 5.82 Å². The van der Waals surface area contributed by atoms with Gasteiger partial charge in [-0.05, 0) is 42.5 Å². The summed E-state index contributed by atoms with van der Waals surface area (Å²) < 4.78 is 20.5. The zero-order valence-electron chi connectivity index (χ0n) is 13.2. The summed E-state index contributed by atoms with van der Waals surface area (Å²) in [5.41, 5.74) is 3.44. The molecule has 0 spiro atoms. The highest BCUT2D eigenvalue weighted by molar-refractivity contribution is 7.98. The molecule has 4 rings (SSSR count). The first-order valence-corrected chi connectivity index (χ1v) is 8.91. The highest BCUT2D eigenvalue weighted by atomic mass is 35.5. The van der Waals surface area contributed by atoms with Crippen LogP contribution in [0.4, 0.5) is 4.39 Å². The van der Waals surface area contributed by atoms with E-state index in [1.54, 1.807) is 30.2 Å². The van der Waals surface area contributed by atoms with E-state index in [-0.39, 0.29) is 5.82 Å². The van der Waals surface area contributed by atoms with Gasteiger partial charge in [-0.25, -0.2) is 14.4 Å². The van der Waals surface area contributed by atoms with Crippen molar-refractivity contribution in [2.24, 2.45) is 7.05 Å². The number of rotatable bonds is 4. The largest absolute Gasteiger partial charge is 0.444 e. The molecule has 0 aliphatic carbocycles. The van der Waals surface area contributed by atoms with Crippen molar-refractivity contribution >= 4 is 34.4 Å². The minimum absolute atomic E-state index is 0.284. The van der Waals surface area contributed by atoms with Gasteiger partial charge in [0, 0.05) is 23.4 Å². The van der Waals surface area contributed by atoms with Crippen molar-refractivity contribution in [3.8, 4) is 11.5 Å². The quantitative estimate of drug-likeness (QED) is 0.454. The minimum Gasteiger partial charge on any atom is -0.444 e. The first kappa shape index (κ1) is 16.2. The normalized spacial score (nSPS) is 11.3. The second-order valence-corrected chi connectivity index (χ2v) is 6.90. The smallest absolute Gasteiger partial charge is 0.226 e. The minimum atomic E-state index is -0.284. The zero-order chi connectivity index (χ0) is 17.4. The maximum Gasteiger partial charge on any atom is 0.226 e. The monoisotopic (exact) mass is 373 g/mol. The maximum atomic E-state index is 13.0. The van der Waals surface area contributed by atoms with E-state index in [1.165, 1.54) is 12.1 Å². The molecule has 0 atom stereocenters. The molecule has 25 heavy (non-hydrogen) atoms. The fraction of sp³-hybridized carbons (Fsp3) is 0.111. The average Bonchev–Trinajstić information content (AvgIpc) is 3.18. The molecule has 2 heterocycles. The molecule has 2 aromatic carbocycles. The molecule has 4 aromatic rings. The van der Waals surface area contributed by atoms with Crippen molar-refractivity contribution in [2.75, 3.05) is 0 Å². The number of nitrogens with zero attached hydrogens (tertiary/aromatic N) is 3. The van der Waals surface area contributed by atoms with Crippen LogP contribution in [-0.2, 0) is 12.8 Å². The molecule has 0 bridgehead atoms. The number of fused-ring (bicyclic) bond motifs is 1. The summed E-state index contributed by atoms with van der Waals surface area (Å²) in [4.78, 5) is 9.06. The molecule has 0 N–H and O–H groups in total. The SMILES string of the molecule is Cn1c(SCc2coc(-c3ccc(F)cc3)n2)nc2cc(Cl)ccc21. The van der Waals surface area contributed by atoms with Crippen molar-refractivity contribution in [3.63, 3.8) is 0 Å². The number of hydrogen-bond donors (Lipinski definition) is 0. The van der Waals surface area contributed by atoms with Crippen LogP contribution in [0.15, 0.2) is 58.3 Å². The zero-order valence-corrected chi connectivity index (χ0v) is 14.8. The number of aromatic nitrogens is 3. The highest BCUT2D eigenvalue weighted by Crippen LogP contribution is 2.28. The van der Waals surface area contributed by atoms with Gasteiger partial charge in [-0.1, -0.05) is 23.4 Å². The summed E-state index contributed by atoms with van der Waals surface area (Å²) in [6.07, 6.45) is 1.62. The summed E-state index contributed by atoms with van der Waals surface area (Å²) in [7, 11) is 1.97. The summed E-state index contributed by atoms with van der Waals surface area (Å²) in [5.74, 6) is 0.815. The summed E-state index contributed by atoms with van der Waals surface area (Å²) in [6.45, 7) is 0. The molecule has 0 saturated carbocycles. The number of thioether (sulfide) groups is 1. The molecular weight excluding hydrogens is 361 g/mol.